The van der Waals surface area contributed by atoms with Crippen LogP contribution in [0.3, 0.4) is 0 Å². The number of aryl methyl sites for hydroxylation is 2. The molecule has 2 N–H and O–H groups in total. The fourth-order valence-electron chi connectivity index (χ4n) is 6.70. The standard InChI is InChI=1S/C33H46N4O3.C6H8N2O/c1-4-31(38)35-30(33(40)37-19-17-36(18-20-37)23-27-10-8-9-24(2)21-27)22-26-13-15-29(16-14-26)34-32(39)25(3)28-11-6-5-7-12-28;1-5(9)6-3-4-7-8(6)2/h8-10,13-16,21,25,28,30H,4-7,11-12,17-20,22-23H2,1-3H3,(H,34,39)(H,35,38);3-4H,1-2H3/t25-,30?;/m0./s1. The summed E-state index contributed by atoms with van der Waals surface area (Å²) >= 11 is 0. The van der Waals surface area contributed by atoms with Crippen LogP contribution < -0.4 is 10.6 Å². The molecule has 264 valence electrons. The predicted octanol–water partition coefficient (Wildman–Crippen LogP) is 5.55. The molecule has 3 amide bonds. The van der Waals surface area contributed by atoms with Crippen molar-refractivity contribution in [2.75, 3.05) is 31.5 Å². The molecule has 5 rings (SSSR count). The number of carbonyl (C=O) groups is 4. The molecule has 10 heteroatoms. The van der Waals surface area contributed by atoms with Gasteiger partial charge in [0.1, 0.15) is 11.7 Å². The Morgan fingerprint density at radius 2 is 1.61 bits per heavy atom. The molecule has 10 nitrogen and oxygen atoms in total. The van der Waals surface area contributed by atoms with Gasteiger partial charge in [-0.25, -0.2) is 0 Å². The molecule has 2 heterocycles. The Bertz CT molecular complexity index is 1540. The van der Waals surface area contributed by atoms with Crippen molar-refractivity contribution in [2.24, 2.45) is 18.9 Å². The fourth-order valence-corrected chi connectivity index (χ4v) is 6.70. The van der Waals surface area contributed by atoms with E-state index in [2.05, 4.69) is 51.8 Å². The second-order valence-electron chi connectivity index (χ2n) is 13.5. The molecule has 0 bridgehead atoms. The smallest absolute Gasteiger partial charge is 0.245 e. The van der Waals surface area contributed by atoms with Gasteiger partial charge in [-0.2, -0.15) is 5.10 Å². The van der Waals surface area contributed by atoms with Crippen LogP contribution >= 0.6 is 0 Å². The Morgan fingerprint density at radius 1 is 0.918 bits per heavy atom. The van der Waals surface area contributed by atoms with Crippen molar-refractivity contribution in [2.45, 2.75) is 85.2 Å². The van der Waals surface area contributed by atoms with Crippen LogP contribution in [0.25, 0.3) is 0 Å². The monoisotopic (exact) mass is 670 g/mol. The molecule has 1 saturated heterocycles. The van der Waals surface area contributed by atoms with Gasteiger partial charge in [0, 0.05) is 77.3 Å². The number of ketones is 1. The van der Waals surface area contributed by atoms with Crippen molar-refractivity contribution in [3.05, 3.63) is 83.2 Å². The lowest BCUT2D eigenvalue weighted by Gasteiger charge is -2.36. The fraction of sp³-hybridized carbons (Fsp3) is 0.513. The average molecular weight is 671 g/mol. The number of benzene rings is 2. The molecule has 3 aromatic rings. The molecule has 2 aromatic carbocycles. The third-order valence-electron chi connectivity index (χ3n) is 9.74. The van der Waals surface area contributed by atoms with Gasteiger partial charge in [0.25, 0.3) is 0 Å². The Balaban J connectivity index is 0.000000520. The van der Waals surface area contributed by atoms with Gasteiger partial charge in [0.05, 0.1) is 0 Å². The van der Waals surface area contributed by atoms with E-state index in [0.29, 0.717) is 37.5 Å². The van der Waals surface area contributed by atoms with Crippen LogP contribution in [0.5, 0.6) is 0 Å². The Labute approximate surface area is 291 Å². The zero-order chi connectivity index (χ0) is 35.3. The van der Waals surface area contributed by atoms with Crippen LogP contribution in [-0.4, -0.2) is 75.3 Å². The summed E-state index contributed by atoms with van der Waals surface area (Å²) in [5.74, 6) is 0.432. The highest BCUT2D eigenvalue weighted by Gasteiger charge is 2.29. The van der Waals surface area contributed by atoms with E-state index >= 15 is 0 Å². The molecule has 2 atom stereocenters. The number of nitrogens with zero attached hydrogens (tertiary/aromatic N) is 4. The van der Waals surface area contributed by atoms with E-state index in [1.807, 2.05) is 36.1 Å². The van der Waals surface area contributed by atoms with Crippen molar-refractivity contribution in [3.8, 4) is 0 Å². The van der Waals surface area contributed by atoms with Gasteiger partial charge in [-0.15, -0.1) is 0 Å². The maximum Gasteiger partial charge on any atom is 0.245 e. The molecule has 1 aromatic heterocycles. The quantitative estimate of drug-likeness (QED) is 0.259. The minimum Gasteiger partial charge on any atom is -0.344 e. The summed E-state index contributed by atoms with van der Waals surface area (Å²) in [7, 11) is 1.75. The number of carbonyl (C=O) groups excluding carboxylic acids is 4. The first kappa shape index (κ1) is 37.5. The topological polar surface area (TPSA) is 117 Å². The first-order valence-electron chi connectivity index (χ1n) is 17.8. The summed E-state index contributed by atoms with van der Waals surface area (Å²) in [5, 5.41) is 9.86. The number of piperazine rings is 1. The second kappa shape index (κ2) is 18.5. The van der Waals surface area contributed by atoms with E-state index in [-0.39, 0.29) is 29.4 Å². The normalized spacial score (nSPS) is 16.6. The summed E-state index contributed by atoms with van der Waals surface area (Å²) < 4.78 is 1.56. The van der Waals surface area contributed by atoms with Crippen LogP contribution in [-0.2, 0) is 34.4 Å². The van der Waals surface area contributed by atoms with Crippen LogP contribution in [0, 0.1) is 18.8 Å². The summed E-state index contributed by atoms with van der Waals surface area (Å²) in [5.41, 5.74) is 4.91. The summed E-state index contributed by atoms with van der Waals surface area (Å²) in [4.78, 5) is 53.6. The Hall–Kier alpha value is -4.31. The molecular weight excluding hydrogens is 616 g/mol. The first-order valence-corrected chi connectivity index (χ1v) is 17.8. The molecule has 1 aliphatic carbocycles. The number of hydrogen-bond donors (Lipinski definition) is 2. The zero-order valence-corrected chi connectivity index (χ0v) is 29.9. The molecule has 49 heavy (non-hydrogen) atoms. The maximum absolute atomic E-state index is 13.5. The third-order valence-corrected chi connectivity index (χ3v) is 9.74. The summed E-state index contributed by atoms with van der Waals surface area (Å²) in [6, 6.07) is 17.3. The number of Topliss-reactive ketones (excluding diaryl/α,β-unsaturated/α-hetero) is 1. The van der Waals surface area contributed by atoms with Crippen LogP contribution in [0.1, 0.15) is 86.5 Å². The van der Waals surface area contributed by atoms with Crippen molar-refractivity contribution < 1.29 is 19.2 Å². The van der Waals surface area contributed by atoms with E-state index in [9.17, 15) is 19.2 Å². The lowest BCUT2D eigenvalue weighted by atomic mass is 9.80. The van der Waals surface area contributed by atoms with E-state index < -0.39 is 6.04 Å². The SMILES string of the molecule is CC(=O)c1ccnn1C.CCC(=O)NC(Cc1ccc(NC(=O)[C@@H](C)C2CCCCC2)cc1)C(=O)N1CCN(Cc2cccc(C)c2)CC1. The van der Waals surface area contributed by atoms with E-state index in [0.717, 1.165) is 43.7 Å². The van der Waals surface area contributed by atoms with Gasteiger partial charge in [-0.3, -0.25) is 28.8 Å². The summed E-state index contributed by atoms with van der Waals surface area (Å²) in [6.07, 6.45) is 8.33. The number of rotatable bonds is 11. The number of anilines is 1. The minimum absolute atomic E-state index is 0.00325. The van der Waals surface area contributed by atoms with Gasteiger partial charge in [-0.1, -0.05) is 75.1 Å². The van der Waals surface area contributed by atoms with Crippen molar-refractivity contribution in [3.63, 3.8) is 0 Å². The lowest BCUT2D eigenvalue weighted by molar-refractivity contribution is -0.138. The highest BCUT2D eigenvalue weighted by Crippen LogP contribution is 2.30. The van der Waals surface area contributed by atoms with E-state index in [1.165, 1.54) is 37.3 Å². The van der Waals surface area contributed by atoms with Gasteiger partial charge >= 0.3 is 0 Å². The molecule has 2 fully saturated rings. The average Bonchev–Trinajstić information content (AvgIpc) is 3.55. The molecule has 0 radical (unpaired) electrons. The highest BCUT2D eigenvalue weighted by molar-refractivity contribution is 5.93. The minimum atomic E-state index is -0.609. The summed E-state index contributed by atoms with van der Waals surface area (Å²) in [6.45, 7) is 11.2. The molecular formula is C39H54N6O4. The highest BCUT2D eigenvalue weighted by atomic mass is 16.2. The molecule has 1 saturated carbocycles. The molecule has 1 aliphatic heterocycles. The van der Waals surface area contributed by atoms with Gasteiger partial charge in [0.15, 0.2) is 5.78 Å². The lowest BCUT2D eigenvalue weighted by Crippen LogP contribution is -2.55. The number of amides is 3. The Morgan fingerprint density at radius 3 is 2.18 bits per heavy atom. The second-order valence-corrected chi connectivity index (χ2v) is 13.5. The maximum atomic E-state index is 13.5. The third kappa shape index (κ3) is 11.4. The zero-order valence-electron chi connectivity index (χ0n) is 29.9. The van der Waals surface area contributed by atoms with Crippen LogP contribution in [0.4, 0.5) is 5.69 Å². The van der Waals surface area contributed by atoms with Crippen LogP contribution in [0.2, 0.25) is 0 Å². The molecule has 0 spiro atoms. The number of hydrogen-bond acceptors (Lipinski definition) is 6. The van der Waals surface area contributed by atoms with Crippen molar-refractivity contribution in [1.29, 1.82) is 0 Å². The van der Waals surface area contributed by atoms with Crippen molar-refractivity contribution >= 4 is 29.2 Å². The largest absolute Gasteiger partial charge is 0.344 e. The predicted molar refractivity (Wildman–Crippen MR) is 193 cm³/mol. The molecule has 2 aliphatic rings. The first-order chi connectivity index (χ1) is 23.5. The van der Waals surface area contributed by atoms with Crippen molar-refractivity contribution in [1.82, 2.24) is 24.9 Å². The van der Waals surface area contributed by atoms with Gasteiger partial charge in [0.2, 0.25) is 17.7 Å². The van der Waals surface area contributed by atoms with E-state index in [4.69, 9.17) is 0 Å². The van der Waals surface area contributed by atoms with Crippen LogP contribution in [0.15, 0.2) is 60.8 Å². The number of aromatic nitrogens is 2. The molecule has 1 unspecified atom stereocenters. The van der Waals surface area contributed by atoms with Gasteiger partial charge in [-0.05, 0) is 55.0 Å². The van der Waals surface area contributed by atoms with Gasteiger partial charge < -0.3 is 15.5 Å². The van der Waals surface area contributed by atoms with E-state index in [1.54, 1.807) is 30.9 Å². The Kier molecular flexibility index (Phi) is 14.1. The number of nitrogens with one attached hydrogen (secondary N) is 2.